The summed E-state index contributed by atoms with van der Waals surface area (Å²) >= 11 is 5.79. The van der Waals surface area contributed by atoms with Crippen LogP contribution in [0.4, 0.5) is 4.39 Å². The first kappa shape index (κ1) is 11.2. The summed E-state index contributed by atoms with van der Waals surface area (Å²) in [7, 11) is 0. The lowest BCUT2D eigenvalue weighted by Gasteiger charge is -2.11. The van der Waals surface area contributed by atoms with Gasteiger partial charge in [0, 0.05) is 18.2 Å². The van der Waals surface area contributed by atoms with E-state index in [0.29, 0.717) is 18.2 Å². The van der Waals surface area contributed by atoms with E-state index in [1.165, 1.54) is 19.3 Å². The van der Waals surface area contributed by atoms with Crippen LogP contribution in [0.2, 0.25) is 5.02 Å². The van der Waals surface area contributed by atoms with Gasteiger partial charge in [-0.15, -0.1) is 0 Å². The minimum atomic E-state index is -0.263. The highest BCUT2D eigenvalue weighted by atomic mass is 35.5. The highest BCUT2D eigenvalue weighted by Gasteiger charge is 2.64. The zero-order valence-corrected chi connectivity index (χ0v) is 11.0. The molecule has 1 aromatic carbocycles. The van der Waals surface area contributed by atoms with Crippen molar-refractivity contribution in [2.75, 3.05) is 0 Å². The molecule has 3 aliphatic rings. The van der Waals surface area contributed by atoms with Gasteiger partial charge in [-0.05, 0) is 49.0 Å². The lowest BCUT2D eigenvalue weighted by atomic mass is 10.0. The molecule has 0 aliphatic heterocycles. The van der Waals surface area contributed by atoms with E-state index < -0.39 is 0 Å². The number of hydrogen-bond acceptors (Lipinski definition) is 1. The molecule has 0 saturated heterocycles. The van der Waals surface area contributed by atoms with Crippen molar-refractivity contribution in [1.82, 2.24) is 5.32 Å². The van der Waals surface area contributed by atoms with E-state index >= 15 is 0 Å². The summed E-state index contributed by atoms with van der Waals surface area (Å²) in [6.07, 6.45) is 4.31. The Bertz CT molecular complexity index is 473. The van der Waals surface area contributed by atoms with Crippen LogP contribution in [0.25, 0.3) is 0 Å². The van der Waals surface area contributed by atoms with Gasteiger partial charge in [0.05, 0.1) is 5.02 Å². The summed E-state index contributed by atoms with van der Waals surface area (Å²) in [5, 5.41) is 3.77. The van der Waals surface area contributed by atoms with Crippen LogP contribution in [0.1, 0.15) is 24.8 Å². The van der Waals surface area contributed by atoms with Crippen molar-refractivity contribution >= 4 is 11.6 Å². The van der Waals surface area contributed by atoms with Crippen LogP contribution in [0.3, 0.4) is 0 Å². The molecule has 0 spiro atoms. The van der Waals surface area contributed by atoms with Gasteiger partial charge in [0.15, 0.2) is 0 Å². The first-order chi connectivity index (χ1) is 8.75. The zero-order chi connectivity index (χ0) is 12.3. The summed E-state index contributed by atoms with van der Waals surface area (Å²) in [6, 6.07) is 5.89. The van der Waals surface area contributed by atoms with Crippen LogP contribution >= 0.6 is 11.6 Å². The van der Waals surface area contributed by atoms with Crippen molar-refractivity contribution in [3.8, 4) is 0 Å². The average molecular weight is 266 g/mol. The molecule has 4 unspecified atom stereocenters. The fraction of sp³-hybridized carbons (Fsp3) is 0.600. The molecule has 3 aliphatic carbocycles. The van der Waals surface area contributed by atoms with Gasteiger partial charge >= 0.3 is 0 Å². The van der Waals surface area contributed by atoms with E-state index in [9.17, 15) is 4.39 Å². The maximum absolute atomic E-state index is 13.8. The maximum Gasteiger partial charge on any atom is 0.146 e. The van der Waals surface area contributed by atoms with Gasteiger partial charge in [-0.25, -0.2) is 4.39 Å². The third-order valence-corrected chi connectivity index (χ3v) is 5.59. The Hall–Kier alpha value is -0.600. The third-order valence-electron chi connectivity index (χ3n) is 5.30. The van der Waals surface area contributed by atoms with Crippen molar-refractivity contribution in [3.05, 3.63) is 34.6 Å². The Morgan fingerprint density at radius 1 is 1.22 bits per heavy atom. The summed E-state index contributed by atoms with van der Waals surface area (Å²) in [4.78, 5) is 0. The van der Waals surface area contributed by atoms with E-state index in [4.69, 9.17) is 11.6 Å². The van der Waals surface area contributed by atoms with Crippen molar-refractivity contribution in [3.63, 3.8) is 0 Å². The average Bonchev–Trinajstić information content (AvgIpc) is 2.77. The van der Waals surface area contributed by atoms with E-state index in [1.54, 1.807) is 6.07 Å². The predicted molar refractivity (Wildman–Crippen MR) is 69.8 cm³/mol. The van der Waals surface area contributed by atoms with E-state index in [1.807, 2.05) is 12.1 Å². The number of rotatable bonds is 3. The summed E-state index contributed by atoms with van der Waals surface area (Å²) in [5.41, 5.74) is 0.694. The fourth-order valence-corrected chi connectivity index (χ4v) is 4.71. The van der Waals surface area contributed by atoms with Crippen LogP contribution < -0.4 is 5.32 Å². The van der Waals surface area contributed by atoms with Crippen molar-refractivity contribution in [2.24, 2.45) is 23.7 Å². The molecule has 96 valence electrons. The first-order valence-electron chi connectivity index (χ1n) is 6.92. The molecule has 0 radical (unpaired) electrons. The lowest BCUT2D eigenvalue weighted by molar-refractivity contribution is 0.456. The molecule has 1 aromatic rings. The highest BCUT2D eigenvalue weighted by molar-refractivity contribution is 6.30. The van der Waals surface area contributed by atoms with Crippen molar-refractivity contribution in [2.45, 2.75) is 31.8 Å². The molecule has 0 amide bonds. The SMILES string of the molecule is Fc1c(Cl)cccc1CNC1C2C3CCC(C3)C12. The second kappa shape index (κ2) is 3.94. The normalized spacial score (nSPS) is 40.0. The lowest BCUT2D eigenvalue weighted by Crippen LogP contribution is -2.23. The van der Waals surface area contributed by atoms with Crippen LogP contribution in [0.5, 0.6) is 0 Å². The van der Waals surface area contributed by atoms with E-state index in [2.05, 4.69) is 5.32 Å². The Labute approximate surface area is 112 Å². The highest BCUT2D eigenvalue weighted by Crippen LogP contribution is 2.65. The molecule has 4 rings (SSSR count). The van der Waals surface area contributed by atoms with Gasteiger partial charge in [0.2, 0.25) is 0 Å². The van der Waals surface area contributed by atoms with Crippen molar-refractivity contribution < 1.29 is 4.39 Å². The summed E-state index contributed by atoms with van der Waals surface area (Å²) in [5.74, 6) is 3.45. The van der Waals surface area contributed by atoms with E-state index in [0.717, 1.165) is 23.7 Å². The molecule has 2 bridgehead atoms. The summed E-state index contributed by atoms with van der Waals surface area (Å²) < 4.78 is 13.8. The van der Waals surface area contributed by atoms with Gasteiger partial charge in [-0.3, -0.25) is 0 Å². The van der Waals surface area contributed by atoms with Gasteiger partial charge in [0.1, 0.15) is 5.82 Å². The number of fused-ring (bicyclic) bond motifs is 5. The van der Waals surface area contributed by atoms with E-state index in [-0.39, 0.29) is 10.8 Å². The Balaban J connectivity index is 1.42. The predicted octanol–water partition coefficient (Wildman–Crippen LogP) is 3.61. The van der Waals surface area contributed by atoms with Crippen LogP contribution in [-0.2, 0) is 6.54 Å². The maximum atomic E-state index is 13.8. The van der Waals surface area contributed by atoms with Crippen LogP contribution in [0, 0.1) is 29.5 Å². The van der Waals surface area contributed by atoms with Gasteiger partial charge < -0.3 is 5.32 Å². The topological polar surface area (TPSA) is 12.0 Å². The zero-order valence-electron chi connectivity index (χ0n) is 10.2. The molecule has 3 heteroatoms. The first-order valence-corrected chi connectivity index (χ1v) is 7.30. The molecule has 4 atom stereocenters. The monoisotopic (exact) mass is 265 g/mol. The minimum absolute atomic E-state index is 0.227. The standard InChI is InChI=1S/C15H17ClFN/c16-11-3-1-2-10(14(11)17)7-18-15-12-8-4-5-9(6-8)13(12)15/h1-3,8-9,12-13,15,18H,4-7H2. The van der Waals surface area contributed by atoms with Gasteiger partial charge in [-0.2, -0.15) is 0 Å². The summed E-state index contributed by atoms with van der Waals surface area (Å²) in [6.45, 7) is 0.615. The molecule has 0 heterocycles. The smallest absolute Gasteiger partial charge is 0.146 e. The third kappa shape index (κ3) is 1.55. The molecule has 1 nitrogen and oxygen atoms in total. The molecule has 3 fully saturated rings. The largest absolute Gasteiger partial charge is 0.309 e. The van der Waals surface area contributed by atoms with Crippen LogP contribution in [-0.4, -0.2) is 6.04 Å². The molecule has 0 aromatic heterocycles. The molecule has 3 saturated carbocycles. The molecular formula is C15H17ClFN. The Kier molecular flexibility index (Phi) is 2.46. The van der Waals surface area contributed by atoms with Crippen LogP contribution in [0.15, 0.2) is 18.2 Å². The molecule has 1 N–H and O–H groups in total. The number of halogens is 2. The Morgan fingerprint density at radius 3 is 2.67 bits per heavy atom. The van der Waals surface area contributed by atoms with Gasteiger partial charge in [0.25, 0.3) is 0 Å². The quantitative estimate of drug-likeness (QED) is 0.880. The number of nitrogens with one attached hydrogen (secondary N) is 1. The fourth-order valence-electron chi connectivity index (χ4n) is 4.51. The second-order valence-electron chi connectivity index (χ2n) is 6.11. The second-order valence-corrected chi connectivity index (χ2v) is 6.51. The number of hydrogen-bond donors (Lipinski definition) is 1. The molecular weight excluding hydrogens is 249 g/mol. The van der Waals surface area contributed by atoms with Gasteiger partial charge in [-0.1, -0.05) is 23.7 Å². The Morgan fingerprint density at radius 2 is 1.94 bits per heavy atom. The van der Waals surface area contributed by atoms with Crippen molar-refractivity contribution in [1.29, 1.82) is 0 Å². The minimum Gasteiger partial charge on any atom is -0.309 e. The molecule has 18 heavy (non-hydrogen) atoms. The number of benzene rings is 1.